The average Bonchev–Trinajstić information content (AvgIpc) is 3.47. The standard InChI is InChI=1S/C39H31N3O/c1-3-9-26(10-4-1)28-15-19-30(20-16-28)37-40-38(31-21-17-29(18-22-31)27-11-5-2-6-12-27)42-39(41-37)32-23-24-34-33-13-7-8-14-35(33)43-36(34)25-32/h1-5,7-9,11,13-23,25-26,34H,6,10,12,24H2. The lowest BCUT2D eigenvalue weighted by Gasteiger charge is -2.17. The first-order chi connectivity index (χ1) is 21.3. The maximum atomic E-state index is 6.26. The zero-order chi connectivity index (χ0) is 28.6. The number of benzene rings is 3. The van der Waals surface area contributed by atoms with Crippen molar-refractivity contribution in [2.45, 2.75) is 37.5 Å². The molecule has 0 N–H and O–H groups in total. The Morgan fingerprint density at radius 3 is 2.16 bits per heavy atom. The van der Waals surface area contributed by atoms with Crippen LogP contribution in [0.1, 0.15) is 60.0 Å². The summed E-state index contributed by atoms with van der Waals surface area (Å²) in [6.45, 7) is 0. The Kier molecular flexibility index (Phi) is 6.52. The van der Waals surface area contributed by atoms with Crippen LogP contribution in [0.25, 0.3) is 33.9 Å². The summed E-state index contributed by atoms with van der Waals surface area (Å²) in [6, 6.07) is 25.6. The fourth-order valence-corrected chi connectivity index (χ4v) is 6.35. The van der Waals surface area contributed by atoms with E-state index in [1.54, 1.807) is 0 Å². The number of fused-ring (bicyclic) bond motifs is 3. The van der Waals surface area contributed by atoms with Crippen LogP contribution in [0.5, 0.6) is 5.75 Å². The van der Waals surface area contributed by atoms with E-state index in [0.29, 0.717) is 23.4 Å². The molecule has 0 amide bonds. The predicted molar refractivity (Wildman–Crippen MR) is 173 cm³/mol. The van der Waals surface area contributed by atoms with Gasteiger partial charge in [0.2, 0.25) is 0 Å². The van der Waals surface area contributed by atoms with Crippen molar-refractivity contribution in [1.82, 2.24) is 15.0 Å². The number of rotatable bonds is 5. The number of para-hydroxylation sites is 1. The van der Waals surface area contributed by atoms with E-state index in [1.165, 1.54) is 22.3 Å². The van der Waals surface area contributed by atoms with Gasteiger partial charge in [0, 0.05) is 34.1 Å². The summed E-state index contributed by atoms with van der Waals surface area (Å²) in [4.78, 5) is 15.0. The summed E-state index contributed by atoms with van der Waals surface area (Å²) < 4.78 is 6.26. The Bertz CT molecular complexity index is 1890. The van der Waals surface area contributed by atoms with Gasteiger partial charge in [-0.2, -0.15) is 0 Å². The van der Waals surface area contributed by atoms with Gasteiger partial charge < -0.3 is 4.74 Å². The zero-order valence-electron chi connectivity index (χ0n) is 23.9. The van der Waals surface area contributed by atoms with Crippen molar-refractivity contribution in [3.63, 3.8) is 0 Å². The lowest BCUT2D eigenvalue weighted by Crippen LogP contribution is -2.07. The van der Waals surface area contributed by atoms with E-state index in [9.17, 15) is 0 Å². The van der Waals surface area contributed by atoms with E-state index in [4.69, 9.17) is 19.7 Å². The first-order valence-electron chi connectivity index (χ1n) is 15.1. The second-order valence-corrected chi connectivity index (χ2v) is 11.5. The highest BCUT2D eigenvalue weighted by Gasteiger charge is 2.31. The van der Waals surface area contributed by atoms with Crippen molar-refractivity contribution in [2.24, 2.45) is 0 Å². The van der Waals surface area contributed by atoms with Crippen LogP contribution in [0.3, 0.4) is 0 Å². The summed E-state index contributed by atoms with van der Waals surface area (Å²) in [5.74, 6) is 4.56. The van der Waals surface area contributed by atoms with Crippen molar-refractivity contribution in [3.8, 4) is 28.5 Å². The molecule has 0 saturated heterocycles. The maximum Gasteiger partial charge on any atom is 0.164 e. The lowest BCUT2D eigenvalue weighted by molar-refractivity contribution is 0.426. The Morgan fingerprint density at radius 1 is 0.674 bits per heavy atom. The Morgan fingerprint density at radius 2 is 1.42 bits per heavy atom. The molecule has 4 aromatic rings. The van der Waals surface area contributed by atoms with Gasteiger partial charge in [0.1, 0.15) is 11.5 Å². The van der Waals surface area contributed by atoms with E-state index in [-0.39, 0.29) is 5.92 Å². The Hall–Kier alpha value is -5.09. The molecule has 208 valence electrons. The molecular formula is C39H31N3O. The molecule has 3 aliphatic carbocycles. The molecule has 1 aromatic heterocycles. The molecule has 2 atom stereocenters. The third-order valence-electron chi connectivity index (χ3n) is 8.74. The normalized spacial score (nSPS) is 20.0. The monoisotopic (exact) mass is 557 g/mol. The third kappa shape index (κ3) is 4.99. The van der Waals surface area contributed by atoms with Crippen molar-refractivity contribution in [3.05, 3.63) is 156 Å². The summed E-state index contributed by atoms with van der Waals surface area (Å²) in [5.41, 5.74) is 8.07. The van der Waals surface area contributed by atoms with Gasteiger partial charge in [-0.25, -0.2) is 15.0 Å². The van der Waals surface area contributed by atoms with Crippen molar-refractivity contribution in [1.29, 1.82) is 0 Å². The average molecular weight is 558 g/mol. The highest BCUT2D eigenvalue weighted by atomic mass is 16.5. The molecule has 4 nitrogen and oxygen atoms in total. The highest BCUT2D eigenvalue weighted by molar-refractivity contribution is 5.76. The van der Waals surface area contributed by atoms with Gasteiger partial charge >= 0.3 is 0 Å². The van der Waals surface area contributed by atoms with E-state index in [1.807, 2.05) is 12.1 Å². The lowest BCUT2D eigenvalue weighted by atomic mass is 9.89. The van der Waals surface area contributed by atoms with Gasteiger partial charge in [0.05, 0.1) is 0 Å². The fraction of sp³-hybridized carbons (Fsp3) is 0.154. The van der Waals surface area contributed by atoms with Crippen LogP contribution in [-0.4, -0.2) is 15.0 Å². The second kappa shape index (κ2) is 11.0. The molecule has 0 bridgehead atoms. The number of allylic oxidation sites excluding steroid dienone is 12. The van der Waals surface area contributed by atoms with Gasteiger partial charge in [-0.1, -0.05) is 115 Å². The van der Waals surface area contributed by atoms with Gasteiger partial charge in [-0.05, 0) is 54.5 Å². The van der Waals surface area contributed by atoms with Crippen molar-refractivity contribution < 1.29 is 4.74 Å². The van der Waals surface area contributed by atoms with Crippen LogP contribution in [0.4, 0.5) is 0 Å². The largest absolute Gasteiger partial charge is 0.461 e. The minimum Gasteiger partial charge on any atom is -0.461 e. The van der Waals surface area contributed by atoms with Crippen molar-refractivity contribution >= 4 is 11.1 Å². The van der Waals surface area contributed by atoms with Crippen LogP contribution in [0.2, 0.25) is 0 Å². The minimum absolute atomic E-state index is 0.244. The molecule has 1 aliphatic heterocycles. The van der Waals surface area contributed by atoms with Gasteiger partial charge in [-0.15, -0.1) is 0 Å². The number of hydrogen-bond donors (Lipinski definition) is 0. The molecule has 0 saturated carbocycles. The van der Waals surface area contributed by atoms with Crippen LogP contribution in [0.15, 0.2) is 133 Å². The van der Waals surface area contributed by atoms with E-state index in [2.05, 4.69) is 115 Å². The Balaban J connectivity index is 1.17. The quantitative estimate of drug-likeness (QED) is 0.245. The van der Waals surface area contributed by atoms with Crippen molar-refractivity contribution in [2.75, 3.05) is 0 Å². The molecule has 43 heavy (non-hydrogen) atoms. The van der Waals surface area contributed by atoms with E-state index >= 15 is 0 Å². The van der Waals surface area contributed by atoms with Gasteiger partial charge in [0.25, 0.3) is 0 Å². The summed E-state index contributed by atoms with van der Waals surface area (Å²) in [6.07, 6.45) is 23.7. The Labute approximate surface area is 252 Å². The smallest absolute Gasteiger partial charge is 0.164 e. The second-order valence-electron chi connectivity index (χ2n) is 11.5. The van der Waals surface area contributed by atoms with Crippen LogP contribution in [-0.2, 0) is 0 Å². The topological polar surface area (TPSA) is 47.9 Å². The molecule has 0 fully saturated rings. The summed E-state index contributed by atoms with van der Waals surface area (Å²) in [7, 11) is 0. The summed E-state index contributed by atoms with van der Waals surface area (Å²) in [5, 5.41) is 0. The molecule has 2 unspecified atom stereocenters. The number of ether oxygens (including phenoxy) is 1. The number of nitrogens with zero attached hydrogens (tertiary/aromatic N) is 3. The van der Waals surface area contributed by atoms with Crippen LogP contribution in [0, 0.1) is 0 Å². The number of aromatic nitrogens is 3. The molecule has 3 aromatic carbocycles. The molecule has 0 spiro atoms. The summed E-state index contributed by atoms with van der Waals surface area (Å²) >= 11 is 0. The van der Waals surface area contributed by atoms with Crippen LogP contribution < -0.4 is 4.74 Å². The first-order valence-corrected chi connectivity index (χ1v) is 15.1. The fourth-order valence-electron chi connectivity index (χ4n) is 6.35. The zero-order valence-corrected chi connectivity index (χ0v) is 23.9. The van der Waals surface area contributed by atoms with Gasteiger partial charge in [-0.3, -0.25) is 0 Å². The minimum atomic E-state index is 0.244. The molecular weight excluding hydrogens is 526 g/mol. The maximum absolute atomic E-state index is 6.26. The highest BCUT2D eigenvalue weighted by Crippen LogP contribution is 2.46. The van der Waals surface area contributed by atoms with Gasteiger partial charge in [0.15, 0.2) is 17.5 Å². The molecule has 4 aliphatic rings. The molecule has 2 heterocycles. The predicted octanol–water partition coefficient (Wildman–Crippen LogP) is 9.39. The first kappa shape index (κ1) is 25.6. The molecule has 4 heteroatoms. The molecule has 0 radical (unpaired) electrons. The van der Waals surface area contributed by atoms with E-state index in [0.717, 1.165) is 53.9 Å². The van der Waals surface area contributed by atoms with Crippen LogP contribution >= 0.6 is 0 Å². The number of hydrogen-bond acceptors (Lipinski definition) is 4. The van der Waals surface area contributed by atoms with E-state index < -0.39 is 0 Å². The SMILES string of the molecule is C1=CCCC(c2ccc(-c3nc(C4=CCC5C(=C4)Oc4ccccc45)nc(-c4ccc(C5C=CC=CC5)cc4)n3)cc2)=C1. The molecule has 8 rings (SSSR count). The third-order valence-corrected chi connectivity index (χ3v) is 8.74.